The zero-order valence-corrected chi connectivity index (χ0v) is 20.2. The second kappa shape index (κ2) is 9.49. The van der Waals surface area contributed by atoms with E-state index < -0.39 is 0 Å². The Labute approximate surface area is 201 Å². The number of benzene rings is 3. The van der Waals surface area contributed by atoms with Crippen LogP contribution in [0.4, 0.5) is 10.1 Å². The molecule has 0 aliphatic carbocycles. The molecule has 33 heavy (non-hydrogen) atoms. The van der Waals surface area contributed by atoms with Crippen LogP contribution in [0.5, 0.6) is 0 Å². The van der Waals surface area contributed by atoms with E-state index in [4.69, 9.17) is 0 Å². The van der Waals surface area contributed by atoms with Gasteiger partial charge in [-0.15, -0.1) is 0 Å². The number of anilines is 1. The summed E-state index contributed by atoms with van der Waals surface area (Å²) in [6.45, 7) is 7.55. The highest BCUT2D eigenvalue weighted by Crippen LogP contribution is 2.43. The first kappa shape index (κ1) is 22.5. The van der Waals surface area contributed by atoms with Gasteiger partial charge in [-0.3, -0.25) is 9.21 Å². The van der Waals surface area contributed by atoms with Crippen LogP contribution in [0.2, 0.25) is 0 Å². The van der Waals surface area contributed by atoms with Crippen molar-refractivity contribution in [3.05, 3.63) is 89.7 Å². The molecule has 2 aliphatic heterocycles. The Morgan fingerprint density at radius 2 is 1.88 bits per heavy atom. The molecule has 1 spiro atoms. The summed E-state index contributed by atoms with van der Waals surface area (Å²) in [5, 5.41) is 0. The summed E-state index contributed by atoms with van der Waals surface area (Å²) in [4.78, 5) is 2.63. The maximum Gasteiger partial charge on any atom is 0.125 e. The first-order valence-corrected chi connectivity index (χ1v) is 12.7. The number of rotatable bonds is 5. The number of nitrogens with zero attached hydrogens (tertiary/aromatic N) is 2. The number of piperidine rings is 1. The molecule has 3 nitrogen and oxygen atoms in total. The van der Waals surface area contributed by atoms with Crippen LogP contribution in [0, 0.1) is 5.82 Å². The maximum absolute atomic E-state index is 13.9. The van der Waals surface area contributed by atoms with Crippen molar-refractivity contribution in [3.63, 3.8) is 0 Å². The Balaban J connectivity index is 1.35. The molecule has 0 radical (unpaired) electrons. The summed E-state index contributed by atoms with van der Waals surface area (Å²) < 4.78 is 19.7. The topological polar surface area (TPSA) is 18.5 Å². The Bertz CT molecular complexity index is 1110. The average Bonchev–Trinajstić information content (AvgIpc) is 3.24. The Hall–Kier alpha value is -2.34. The Morgan fingerprint density at radius 1 is 1.06 bits per heavy atom. The zero-order valence-electron chi connectivity index (χ0n) is 19.4. The normalized spacial score (nSPS) is 23.4. The second-order valence-corrected chi connectivity index (χ2v) is 10.2. The smallest absolute Gasteiger partial charge is 0.125 e. The molecule has 2 heterocycles. The highest BCUT2D eigenvalue weighted by Gasteiger charge is 2.46. The minimum absolute atomic E-state index is 0.0217. The van der Waals surface area contributed by atoms with Gasteiger partial charge in [0.2, 0.25) is 0 Å². The zero-order chi connectivity index (χ0) is 22.8. The van der Waals surface area contributed by atoms with Crippen LogP contribution < -0.4 is 9.03 Å². The SMILES string of the molecule is CCc1c(CN2CCC3(CNSN3c3cccc(F)c3)CC2C)cccc1-c1ccccc1. The molecular formula is C28H32FN3S. The minimum Gasteiger partial charge on any atom is -0.296 e. The highest BCUT2D eigenvalue weighted by atomic mass is 32.2. The van der Waals surface area contributed by atoms with Crippen LogP contribution in [0.1, 0.15) is 37.8 Å². The lowest BCUT2D eigenvalue weighted by Gasteiger charge is -2.47. The Morgan fingerprint density at radius 3 is 2.64 bits per heavy atom. The van der Waals surface area contributed by atoms with E-state index in [0.29, 0.717) is 6.04 Å². The molecule has 3 aromatic carbocycles. The van der Waals surface area contributed by atoms with Crippen LogP contribution in [-0.2, 0) is 13.0 Å². The maximum atomic E-state index is 13.9. The quantitative estimate of drug-likeness (QED) is 0.440. The van der Waals surface area contributed by atoms with Crippen molar-refractivity contribution in [1.29, 1.82) is 0 Å². The van der Waals surface area contributed by atoms with Gasteiger partial charge in [0, 0.05) is 37.8 Å². The van der Waals surface area contributed by atoms with Crippen molar-refractivity contribution >= 4 is 17.8 Å². The van der Waals surface area contributed by atoms with Gasteiger partial charge in [-0.05, 0) is 66.6 Å². The van der Waals surface area contributed by atoms with Gasteiger partial charge in [0.25, 0.3) is 0 Å². The van der Waals surface area contributed by atoms with Gasteiger partial charge in [0.1, 0.15) is 5.82 Å². The van der Waals surface area contributed by atoms with Gasteiger partial charge in [-0.1, -0.05) is 61.5 Å². The van der Waals surface area contributed by atoms with Gasteiger partial charge in [0.15, 0.2) is 0 Å². The molecule has 2 aliphatic rings. The fourth-order valence-corrected chi connectivity index (χ4v) is 6.67. The molecule has 2 atom stereocenters. The van der Waals surface area contributed by atoms with Gasteiger partial charge in [-0.25, -0.2) is 9.11 Å². The lowest BCUT2D eigenvalue weighted by Crippen LogP contribution is -2.56. The number of nitrogens with one attached hydrogen (secondary N) is 1. The van der Waals surface area contributed by atoms with E-state index in [0.717, 1.165) is 44.6 Å². The summed E-state index contributed by atoms with van der Waals surface area (Å²) in [5.74, 6) is -0.175. The molecule has 1 N–H and O–H groups in total. The van der Waals surface area contributed by atoms with Crippen molar-refractivity contribution in [1.82, 2.24) is 9.62 Å². The monoisotopic (exact) mass is 461 g/mol. The van der Waals surface area contributed by atoms with E-state index in [1.54, 1.807) is 18.2 Å². The summed E-state index contributed by atoms with van der Waals surface area (Å²) in [6, 6.07) is 24.9. The van der Waals surface area contributed by atoms with E-state index >= 15 is 0 Å². The molecular weight excluding hydrogens is 429 g/mol. The molecule has 0 bridgehead atoms. The molecule has 5 heteroatoms. The van der Waals surface area contributed by atoms with Crippen LogP contribution in [-0.4, -0.2) is 29.6 Å². The van der Waals surface area contributed by atoms with Crippen molar-refractivity contribution in [2.45, 2.75) is 51.2 Å². The second-order valence-electron chi connectivity index (χ2n) is 9.35. The molecule has 172 valence electrons. The van der Waals surface area contributed by atoms with Crippen molar-refractivity contribution in [2.75, 3.05) is 17.4 Å². The summed E-state index contributed by atoms with van der Waals surface area (Å²) in [6.07, 6.45) is 3.15. The fourth-order valence-electron chi connectivity index (χ4n) is 5.57. The van der Waals surface area contributed by atoms with E-state index in [2.05, 4.69) is 76.3 Å². The molecule has 3 aromatic rings. The minimum atomic E-state index is -0.175. The third kappa shape index (κ3) is 4.42. The third-order valence-electron chi connectivity index (χ3n) is 7.28. The molecule has 0 amide bonds. The first-order chi connectivity index (χ1) is 16.1. The standard InChI is InChI=1S/C28H32FN3S/c1-3-26-23(11-7-14-27(26)22-9-5-4-6-10-22)19-31-16-15-28(18-21(31)2)20-30-33-32(28)25-13-8-12-24(29)17-25/h4-14,17,21,30H,3,15-16,18-20H2,1-2H3. The van der Waals surface area contributed by atoms with Crippen molar-refractivity contribution in [3.8, 4) is 11.1 Å². The average molecular weight is 462 g/mol. The lowest BCUT2D eigenvalue weighted by molar-refractivity contribution is 0.106. The van der Waals surface area contributed by atoms with Gasteiger partial charge >= 0.3 is 0 Å². The van der Waals surface area contributed by atoms with E-state index in [9.17, 15) is 4.39 Å². The largest absolute Gasteiger partial charge is 0.296 e. The fraction of sp³-hybridized carbons (Fsp3) is 0.357. The lowest BCUT2D eigenvalue weighted by atomic mass is 9.82. The number of likely N-dealkylation sites (tertiary alicyclic amines) is 1. The molecule has 2 saturated heterocycles. The summed E-state index contributed by atoms with van der Waals surface area (Å²) in [7, 11) is 0. The van der Waals surface area contributed by atoms with Gasteiger partial charge in [0.05, 0.1) is 11.2 Å². The predicted molar refractivity (Wildman–Crippen MR) is 138 cm³/mol. The molecule has 5 rings (SSSR count). The third-order valence-corrected chi connectivity index (χ3v) is 8.33. The molecule has 0 saturated carbocycles. The Kier molecular flexibility index (Phi) is 6.46. The first-order valence-electron chi connectivity index (χ1n) is 12.0. The highest BCUT2D eigenvalue weighted by molar-refractivity contribution is 7.99. The number of hydrogen-bond donors (Lipinski definition) is 1. The van der Waals surface area contributed by atoms with Crippen molar-refractivity contribution < 1.29 is 4.39 Å². The van der Waals surface area contributed by atoms with Gasteiger partial charge in [-0.2, -0.15) is 0 Å². The van der Waals surface area contributed by atoms with Crippen LogP contribution in [0.25, 0.3) is 11.1 Å². The van der Waals surface area contributed by atoms with Crippen LogP contribution >= 0.6 is 12.1 Å². The number of halogens is 1. The van der Waals surface area contributed by atoms with Crippen molar-refractivity contribution in [2.24, 2.45) is 0 Å². The van der Waals surface area contributed by atoms with Crippen LogP contribution in [0.3, 0.4) is 0 Å². The predicted octanol–water partition coefficient (Wildman–Crippen LogP) is 6.45. The molecule has 2 fully saturated rings. The van der Waals surface area contributed by atoms with E-state index in [1.165, 1.54) is 28.3 Å². The molecule has 2 unspecified atom stereocenters. The van der Waals surface area contributed by atoms with Gasteiger partial charge < -0.3 is 0 Å². The summed E-state index contributed by atoms with van der Waals surface area (Å²) >= 11 is 1.62. The van der Waals surface area contributed by atoms with Crippen LogP contribution in [0.15, 0.2) is 72.8 Å². The molecule has 0 aromatic heterocycles. The summed E-state index contributed by atoms with van der Waals surface area (Å²) in [5.41, 5.74) is 6.51. The number of hydrogen-bond acceptors (Lipinski definition) is 4. The van der Waals surface area contributed by atoms with E-state index in [-0.39, 0.29) is 11.4 Å². The van der Waals surface area contributed by atoms with E-state index in [1.807, 2.05) is 12.1 Å².